The van der Waals surface area contributed by atoms with E-state index in [0.29, 0.717) is 23.8 Å². The first-order valence-electron chi connectivity index (χ1n) is 14.5. The van der Waals surface area contributed by atoms with E-state index in [9.17, 15) is 4.79 Å². The van der Waals surface area contributed by atoms with Gasteiger partial charge in [0.05, 0.1) is 18.5 Å². The van der Waals surface area contributed by atoms with Gasteiger partial charge in [-0.25, -0.2) is 4.39 Å². The number of benzene rings is 2. The minimum atomic E-state index is -0.351. The van der Waals surface area contributed by atoms with Crippen LogP contribution < -0.4 is 5.32 Å². The third kappa shape index (κ3) is 4.20. The first-order chi connectivity index (χ1) is 17.6. The lowest BCUT2D eigenvalue weighted by atomic mass is 9.63. The summed E-state index contributed by atoms with van der Waals surface area (Å²) < 4.78 is 15.6. The van der Waals surface area contributed by atoms with Gasteiger partial charge in [0.1, 0.15) is 11.7 Å². The molecule has 192 valence electrons. The van der Waals surface area contributed by atoms with E-state index in [-0.39, 0.29) is 17.2 Å². The van der Waals surface area contributed by atoms with Crippen LogP contribution in [0.25, 0.3) is 0 Å². The zero-order chi connectivity index (χ0) is 24.7. The van der Waals surface area contributed by atoms with Crippen LogP contribution in [0.2, 0.25) is 0 Å². The predicted octanol–water partition coefficient (Wildman–Crippen LogP) is 5.26. The molecule has 0 radical (unpaired) electrons. The molecule has 2 saturated heterocycles. The van der Waals surface area contributed by atoms with Crippen molar-refractivity contribution < 1.29 is 14.5 Å². The number of halogens is 1. The van der Waals surface area contributed by atoms with E-state index < -0.39 is 0 Å². The van der Waals surface area contributed by atoms with Gasteiger partial charge >= 0.3 is 0 Å². The third-order valence-corrected chi connectivity index (χ3v) is 10.2. The summed E-state index contributed by atoms with van der Waals surface area (Å²) in [7, 11) is 0. The number of aryl methyl sites for hydroxylation is 2. The number of hydrogen-bond donors (Lipinski definition) is 1. The molecule has 2 aliphatic carbocycles. The Bertz CT molecular complexity index is 1090. The molecule has 4 atom stereocenters. The highest BCUT2D eigenvalue weighted by Gasteiger charge is 2.56. The third-order valence-electron chi connectivity index (χ3n) is 10.2. The summed E-state index contributed by atoms with van der Waals surface area (Å²) in [4.78, 5) is 16.8. The maximum atomic E-state index is 15.6. The summed E-state index contributed by atoms with van der Waals surface area (Å²) in [6.07, 6.45) is 11.4. The van der Waals surface area contributed by atoms with Crippen LogP contribution in [0.4, 0.5) is 4.39 Å². The fraction of sp³-hybridized carbons (Fsp3) is 0.594. The van der Waals surface area contributed by atoms with Gasteiger partial charge in [-0.05, 0) is 86.5 Å². The average Bonchev–Trinajstić information content (AvgIpc) is 3.32. The minimum Gasteiger partial charge on any atom is -0.345 e. The van der Waals surface area contributed by atoms with Crippen LogP contribution in [0.1, 0.15) is 86.0 Å². The Morgan fingerprint density at radius 1 is 1.06 bits per heavy atom. The van der Waals surface area contributed by atoms with Gasteiger partial charge in [-0.15, -0.1) is 0 Å². The number of amides is 1. The predicted molar refractivity (Wildman–Crippen MR) is 141 cm³/mol. The molecule has 1 spiro atoms. The number of nitrogens with two attached hydrogens (primary N) is 1. The molecule has 6 rings (SSSR count). The van der Waals surface area contributed by atoms with Gasteiger partial charge in [0.25, 0.3) is 0 Å². The highest BCUT2D eigenvalue weighted by atomic mass is 19.1. The molecule has 4 aliphatic rings. The topological polar surface area (TPSA) is 36.9 Å². The van der Waals surface area contributed by atoms with Crippen LogP contribution in [0, 0.1) is 24.6 Å². The van der Waals surface area contributed by atoms with Gasteiger partial charge in [0.2, 0.25) is 5.91 Å². The Morgan fingerprint density at radius 3 is 2.67 bits per heavy atom. The molecule has 2 aromatic carbocycles. The summed E-state index contributed by atoms with van der Waals surface area (Å²) >= 11 is 0. The summed E-state index contributed by atoms with van der Waals surface area (Å²) in [6, 6.07) is 15.1. The van der Waals surface area contributed by atoms with Crippen molar-refractivity contribution >= 4 is 5.91 Å². The van der Waals surface area contributed by atoms with Crippen LogP contribution in [-0.4, -0.2) is 36.5 Å². The van der Waals surface area contributed by atoms with Crippen LogP contribution >= 0.6 is 0 Å². The largest absolute Gasteiger partial charge is 0.345 e. The van der Waals surface area contributed by atoms with E-state index in [1.807, 2.05) is 6.92 Å². The summed E-state index contributed by atoms with van der Waals surface area (Å²) in [6.45, 7) is 4.46. The number of likely N-dealkylation sites (tertiary alicyclic amines) is 1. The van der Waals surface area contributed by atoms with Crippen molar-refractivity contribution in [1.29, 1.82) is 0 Å². The van der Waals surface area contributed by atoms with E-state index >= 15 is 4.39 Å². The highest BCUT2D eigenvalue weighted by molar-refractivity contribution is 5.82. The Hall–Kier alpha value is -2.20. The van der Waals surface area contributed by atoms with E-state index in [0.717, 1.165) is 68.4 Å². The van der Waals surface area contributed by atoms with Crippen molar-refractivity contribution in [2.45, 2.75) is 88.5 Å². The normalized spacial score (nSPS) is 30.9. The molecule has 2 N–H and O–H groups in total. The molecule has 0 bridgehead atoms. The number of piperidine rings is 1. The van der Waals surface area contributed by atoms with Gasteiger partial charge in [-0.1, -0.05) is 55.7 Å². The standard InChI is InChI=1S/C32H41FN2O/c1-22-17-26-13-8-15-32(30(26)28(33)18-22)21-34-20-27(32)31(36)35-16-14-25(23-9-4-2-5-10-23)19-29(35)24-11-6-3-7-12-24/h2,4-5,9-10,17-18,24-25,27,29,34H,3,6-8,11-16,19-21H2,1H3/p+1/t25-,27?,29+,32-/m1/s1. The number of carbonyl (C=O) groups excluding carboxylic acids is 1. The van der Waals surface area contributed by atoms with Gasteiger partial charge in [-0.2, -0.15) is 0 Å². The Kier molecular flexibility index (Phi) is 6.66. The van der Waals surface area contributed by atoms with Gasteiger partial charge in [0, 0.05) is 18.2 Å². The van der Waals surface area contributed by atoms with Crippen LogP contribution in [0.3, 0.4) is 0 Å². The number of hydrogen-bond acceptors (Lipinski definition) is 1. The van der Waals surface area contributed by atoms with E-state index in [1.54, 1.807) is 6.07 Å². The summed E-state index contributed by atoms with van der Waals surface area (Å²) in [5.74, 6) is 1.26. The quantitative estimate of drug-likeness (QED) is 0.628. The van der Waals surface area contributed by atoms with E-state index in [2.05, 4.69) is 46.6 Å². The van der Waals surface area contributed by atoms with Crippen molar-refractivity contribution in [3.8, 4) is 0 Å². The van der Waals surface area contributed by atoms with Crippen molar-refractivity contribution in [3.05, 3.63) is 70.5 Å². The molecule has 36 heavy (non-hydrogen) atoms. The SMILES string of the molecule is Cc1cc(F)c2c(c1)CCC[C@]21C[NH2+]CC1C(=O)N1CC[C@@H](c2ccccc2)C[C@H]1C1CCCCC1. The number of fused-ring (bicyclic) bond motifs is 2. The zero-order valence-electron chi connectivity index (χ0n) is 21.9. The maximum absolute atomic E-state index is 15.6. The smallest absolute Gasteiger partial charge is 0.232 e. The zero-order valence-corrected chi connectivity index (χ0v) is 21.9. The number of nitrogens with zero attached hydrogens (tertiary/aromatic N) is 1. The maximum Gasteiger partial charge on any atom is 0.232 e. The fourth-order valence-corrected chi connectivity index (χ4v) is 8.52. The molecule has 2 aromatic rings. The van der Waals surface area contributed by atoms with Gasteiger partial charge in [-0.3, -0.25) is 4.79 Å². The van der Waals surface area contributed by atoms with E-state index in [1.165, 1.54) is 37.7 Å². The summed E-state index contributed by atoms with van der Waals surface area (Å²) in [5.41, 5.74) is 4.09. The Labute approximate surface area is 215 Å². The second kappa shape index (κ2) is 9.93. The van der Waals surface area contributed by atoms with Crippen molar-refractivity contribution in [2.24, 2.45) is 11.8 Å². The van der Waals surface area contributed by atoms with Gasteiger partial charge in [0.15, 0.2) is 0 Å². The van der Waals surface area contributed by atoms with Crippen molar-refractivity contribution in [3.63, 3.8) is 0 Å². The van der Waals surface area contributed by atoms with Crippen LogP contribution in [-0.2, 0) is 16.6 Å². The van der Waals surface area contributed by atoms with Crippen molar-refractivity contribution in [1.82, 2.24) is 4.90 Å². The van der Waals surface area contributed by atoms with Crippen LogP contribution in [0.5, 0.6) is 0 Å². The molecule has 0 aromatic heterocycles. The molecule has 1 amide bonds. The first kappa shape index (κ1) is 24.2. The Balaban J connectivity index is 1.32. The second-order valence-electron chi connectivity index (χ2n) is 12.2. The van der Waals surface area contributed by atoms with Crippen LogP contribution in [0.15, 0.2) is 42.5 Å². The molecular weight excluding hydrogens is 447 g/mol. The number of carbonyl (C=O) groups is 1. The second-order valence-corrected chi connectivity index (χ2v) is 12.2. The molecule has 2 aliphatic heterocycles. The number of rotatable bonds is 3. The lowest BCUT2D eigenvalue weighted by Crippen LogP contribution is -2.82. The lowest BCUT2D eigenvalue weighted by molar-refractivity contribution is -0.640. The highest BCUT2D eigenvalue weighted by Crippen LogP contribution is 2.47. The Morgan fingerprint density at radius 2 is 1.86 bits per heavy atom. The molecule has 4 heteroatoms. The number of quaternary nitrogens is 1. The minimum absolute atomic E-state index is 0.0792. The molecule has 1 unspecified atom stereocenters. The van der Waals surface area contributed by atoms with Gasteiger partial charge < -0.3 is 10.2 Å². The summed E-state index contributed by atoms with van der Waals surface area (Å²) in [5, 5.41) is 2.29. The average molecular weight is 490 g/mol. The van der Waals surface area contributed by atoms with E-state index in [4.69, 9.17) is 0 Å². The van der Waals surface area contributed by atoms with Crippen molar-refractivity contribution in [2.75, 3.05) is 19.6 Å². The molecule has 3 nitrogen and oxygen atoms in total. The monoisotopic (exact) mass is 489 g/mol. The first-order valence-corrected chi connectivity index (χ1v) is 14.5. The fourth-order valence-electron chi connectivity index (χ4n) is 8.52. The molecule has 3 fully saturated rings. The molecular formula is C32H42FN2O+. The molecule has 2 heterocycles. The lowest BCUT2D eigenvalue weighted by Gasteiger charge is -2.47. The molecule has 1 saturated carbocycles.